The number of allylic oxidation sites excluding steroid dienone is 10. The van der Waals surface area contributed by atoms with Crippen molar-refractivity contribution in [3.8, 4) is 0 Å². The molecule has 0 saturated carbocycles. The van der Waals surface area contributed by atoms with Gasteiger partial charge in [-0.05, 0) is 38.2 Å². The van der Waals surface area contributed by atoms with Gasteiger partial charge in [0.2, 0.25) is 0 Å². The molecular formula is C22H30NO4. The van der Waals surface area contributed by atoms with Crippen molar-refractivity contribution in [2.24, 2.45) is 0 Å². The van der Waals surface area contributed by atoms with E-state index >= 15 is 0 Å². The molecule has 1 N–H and O–H groups in total. The quantitative estimate of drug-likeness (QED) is 0.147. The van der Waals surface area contributed by atoms with Crippen LogP contribution in [0.3, 0.4) is 0 Å². The maximum Gasteiger partial charge on any atom is 0.257 e. The van der Waals surface area contributed by atoms with Crippen LogP contribution in [0.25, 0.3) is 0 Å². The van der Waals surface area contributed by atoms with E-state index in [1.807, 2.05) is 48.8 Å². The maximum atomic E-state index is 11.1. The predicted octanol–water partition coefficient (Wildman–Crippen LogP) is 4.80. The molecule has 0 aromatic carbocycles. The molecule has 1 radical (unpaired) electrons. The molecule has 0 bridgehead atoms. The third-order valence-electron chi connectivity index (χ3n) is 3.49. The Labute approximate surface area is 162 Å². The van der Waals surface area contributed by atoms with Gasteiger partial charge in [-0.2, -0.15) is 0 Å². The number of aliphatic hydroxyl groups is 1. The lowest BCUT2D eigenvalue weighted by molar-refractivity contribution is -0.520. The van der Waals surface area contributed by atoms with Crippen molar-refractivity contribution in [3.05, 3.63) is 83.0 Å². The number of nitro groups is 1. The molecule has 0 aliphatic carbocycles. The van der Waals surface area contributed by atoms with Crippen LogP contribution in [-0.4, -0.2) is 28.5 Å². The number of hydrogen-bond donors (Lipinski definition) is 1. The van der Waals surface area contributed by atoms with Gasteiger partial charge in [0, 0.05) is 11.3 Å². The molecule has 2 atom stereocenters. The smallest absolute Gasteiger partial charge is 0.257 e. The molecule has 0 aliphatic heterocycles. The molecule has 0 rings (SSSR count). The molecule has 27 heavy (non-hydrogen) atoms. The second kappa shape index (κ2) is 18.3. The van der Waals surface area contributed by atoms with E-state index in [2.05, 4.69) is 6.92 Å². The van der Waals surface area contributed by atoms with Crippen LogP contribution in [-0.2, 0) is 4.79 Å². The highest BCUT2D eigenvalue weighted by Gasteiger charge is 2.25. The van der Waals surface area contributed by atoms with E-state index in [0.29, 0.717) is 12.8 Å². The summed E-state index contributed by atoms with van der Waals surface area (Å²) in [5, 5.41) is 21.1. The number of carbonyl (C=O) groups excluding carboxylic acids is 1. The largest absolute Gasteiger partial charge is 0.385 e. The Balaban J connectivity index is 4.31. The van der Waals surface area contributed by atoms with Crippen molar-refractivity contribution < 1.29 is 14.8 Å². The summed E-state index contributed by atoms with van der Waals surface area (Å²) in [6.45, 7) is 2.05. The van der Waals surface area contributed by atoms with E-state index in [9.17, 15) is 20.0 Å². The van der Waals surface area contributed by atoms with E-state index in [4.69, 9.17) is 0 Å². The highest BCUT2D eigenvalue weighted by molar-refractivity contribution is 5.50. The summed E-state index contributed by atoms with van der Waals surface area (Å²) in [6, 6.07) is -1.13. The molecule has 0 aromatic heterocycles. The Morgan fingerprint density at radius 2 is 1.63 bits per heavy atom. The molecule has 0 amide bonds. The maximum absolute atomic E-state index is 11.1. The lowest BCUT2D eigenvalue weighted by Gasteiger charge is -2.10. The summed E-state index contributed by atoms with van der Waals surface area (Å²) >= 11 is 0. The van der Waals surface area contributed by atoms with Crippen LogP contribution in [0.5, 0.6) is 0 Å². The van der Waals surface area contributed by atoms with Crippen molar-refractivity contribution in [1.82, 2.24) is 0 Å². The van der Waals surface area contributed by atoms with Gasteiger partial charge >= 0.3 is 0 Å². The van der Waals surface area contributed by atoms with Crippen molar-refractivity contribution in [3.63, 3.8) is 0 Å². The Kier molecular flexibility index (Phi) is 16.6. The first-order valence-electron chi connectivity index (χ1n) is 9.25. The molecule has 0 saturated heterocycles. The molecule has 0 aliphatic rings. The van der Waals surface area contributed by atoms with Crippen LogP contribution in [0.4, 0.5) is 0 Å². The second-order valence-corrected chi connectivity index (χ2v) is 5.75. The van der Waals surface area contributed by atoms with Crippen LogP contribution < -0.4 is 0 Å². The van der Waals surface area contributed by atoms with E-state index in [-0.39, 0.29) is 6.42 Å². The summed E-state index contributed by atoms with van der Waals surface area (Å²) in [4.78, 5) is 20.7. The summed E-state index contributed by atoms with van der Waals surface area (Å²) in [5.74, 6) is 0. The molecule has 0 aromatic rings. The Hall–Kier alpha value is -2.53. The molecule has 147 valence electrons. The van der Waals surface area contributed by atoms with Crippen LogP contribution in [0.1, 0.15) is 45.4 Å². The number of aliphatic hydroxyl groups excluding tert-OH is 1. The third kappa shape index (κ3) is 15.4. The Morgan fingerprint density at radius 3 is 2.33 bits per heavy atom. The second-order valence-electron chi connectivity index (χ2n) is 5.75. The summed E-state index contributed by atoms with van der Waals surface area (Å²) < 4.78 is 0. The minimum Gasteiger partial charge on any atom is -0.385 e. The molecule has 2 unspecified atom stereocenters. The van der Waals surface area contributed by atoms with Gasteiger partial charge in [-0.1, -0.05) is 73.8 Å². The summed E-state index contributed by atoms with van der Waals surface area (Å²) in [5.41, 5.74) is 0. The SMILES string of the molecule is CC/C=C\C/C=C\CC(O)C(\C=C/C=C\C=C/C/C=C\CC[C]=O)[N+](=O)[O-]. The zero-order valence-electron chi connectivity index (χ0n) is 15.9. The van der Waals surface area contributed by atoms with Crippen LogP contribution in [0.15, 0.2) is 72.9 Å². The molecule has 5 nitrogen and oxygen atoms in total. The van der Waals surface area contributed by atoms with Gasteiger partial charge in [0.1, 0.15) is 6.10 Å². The fraction of sp³-hybridized carbons (Fsp3) is 0.409. The monoisotopic (exact) mass is 372 g/mol. The van der Waals surface area contributed by atoms with Gasteiger partial charge in [-0.3, -0.25) is 14.9 Å². The number of nitrogens with zero attached hydrogens (tertiary/aromatic N) is 1. The van der Waals surface area contributed by atoms with Crippen LogP contribution in [0.2, 0.25) is 0 Å². The molecule has 0 fully saturated rings. The lowest BCUT2D eigenvalue weighted by atomic mass is 10.1. The normalized spacial score (nSPS) is 15.2. The predicted molar refractivity (Wildman–Crippen MR) is 111 cm³/mol. The highest BCUT2D eigenvalue weighted by Crippen LogP contribution is 2.07. The van der Waals surface area contributed by atoms with Gasteiger partial charge in [-0.15, -0.1) is 0 Å². The Morgan fingerprint density at radius 1 is 0.963 bits per heavy atom. The summed E-state index contributed by atoms with van der Waals surface area (Å²) in [7, 11) is 0. The number of unbranched alkanes of at least 4 members (excludes halogenated alkanes) is 1. The van der Waals surface area contributed by atoms with Crippen molar-refractivity contribution in [1.29, 1.82) is 0 Å². The zero-order valence-corrected chi connectivity index (χ0v) is 15.9. The topological polar surface area (TPSA) is 80.4 Å². The first-order chi connectivity index (χ1) is 13.1. The number of rotatable bonds is 15. The first-order valence-corrected chi connectivity index (χ1v) is 9.25. The van der Waals surface area contributed by atoms with Gasteiger partial charge in [0.15, 0.2) is 6.29 Å². The highest BCUT2D eigenvalue weighted by atomic mass is 16.6. The fourth-order valence-corrected chi connectivity index (χ4v) is 2.05. The fourth-order valence-electron chi connectivity index (χ4n) is 2.05. The standard InChI is InChI=1S/C22H30NO4/c1-2-3-4-5-13-16-19-22(25)21(23(26)27)18-15-12-10-8-6-7-9-11-14-17-20-24/h3-4,6,8-13,15-16,18,21-22,25H,2,5,7,14,17,19H2,1H3/b4-3-,8-6-,11-9-,12-10-,16-13-,18-15-. The van der Waals surface area contributed by atoms with E-state index in [1.165, 1.54) is 6.08 Å². The van der Waals surface area contributed by atoms with Crippen molar-refractivity contribution in [2.75, 3.05) is 0 Å². The molecular weight excluding hydrogens is 342 g/mol. The van der Waals surface area contributed by atoms with Gasteiger partial charge in [0.05, 0.1) is 0 Å². The van der Waals surface area contributed by atoms with Crippen LogP contribution in [0, 0.1) is 10.1 Å². The minimum atomic E-state index is -1.13. The van der Waals surface area contributed by atoms with Crippen molar-refractivity contribution >= 4 is 6.29 Å². The van der Waals surface area contributed by atoms with Gasteiger partial charge in [-0.25, -0.2) is 0 Å². The lowest BCUT2D eigenvalue weighted by Crippen LogP contribution is -2.31. The van der Waals surface area contributed by atoms with E-state index in [1.54, 1.807) is 24.3 Å². The van der Waals surface area contributed by atoms with E-state index in [0.717, 1.165) is 19.3 Å². The third-order valence-corrected chi connectivity index (χ3v) is 3.49. The van der Waals surface area contributed by atoms with Gasteiger partial charge < -0.3 is 5.11 Å². The van der Waals surface area contributed by atoms with Crippen LogP contribution >= 0.6 is 0 Å². The van der Waals surface area contributed by atoms with Gasteiger partial charge in [0.25, 0.3) is 6.04 Å². The van der Waals surface area contributed by atoms with Crippen molar-refractivity contribution in [2.45, 2.75) is 57.6 Å². The Bertz CT molecular complexity index is 571. The zero-order chi connectivity index (χ0) is 20.2. The average molecular weight is 372 g/mol. The number of hydrogen-bond acceptors (Lipinski definition) is 4. The molecule has 0 heterocycles. The molecule has 0 spiro atoms. The summed E-state index contributed by atoms with van der Waals surface area (Å²) in [6.07, 6.45) is 26.5. The first kappa shape index (κ1) is 24.5. The average Bonchev–Trinajstić information content (AvgIpc) is 2.65. The minimum absolute atomic E-state index is 0.244. The molecule has 5 heteroatoms. The van der Waals surface area contributed by atoms with E-state index < -0.39 is 17.1 Å².